The van der Waals surface area contributed by atoms with E-state index in [2.05, 4.69) is 17.4 Å². The van der Waals surface area contributed by atoms with Crippen molar-refractivity contribution < 1.29 is 9.53 Å². The molecule has 2 unspecified atom stereocenters. The average molecular weight is 324 g/mol. The van der Waals surface area contributed by atoms with Gasteiger partial charge >= 0.3 is 0 Å². The normalized spacial score (nSPS) is 16.2. The fraction of sp³-hybridized carbons (Fsp3) is 0.350. The van der Waals surface area contributed by atoms with Gasteiger partial charge in [0, 0.05) is 12.6 Å². The van der Waals surface area contributed by atoms with Crippen LogP contribution in [0.2, 0.25) is 0 Å². The van der Waals surface area contributed by atoms with Gasteiger partial charge in [0.1, 0.15) is 5.75 Å². The van der Waals surface area contributed by atoms with Crippen molar-refractivity contribution in [2.45, 2.75) is 31.9 Å². The highest BCUT2D eigenvalue weighted by Crippen LogP contribution is 2.32. The number of hydrogen-bond acceptors (Lipinski definition) is 3. The van der Waals surface area contributed by atoms with E-state index in [9.17, 15) is 4.79 Å². The average Bonchev–Trinajstić information content (AvgIpc) is 3.46. The molecule has 1 aliphatic carbocycles. The Morgan fingerprint density at radius 3 is 2.33 bits per heavy atom. The third kappa shape index (κ3) is 4.15. The van der Waals surface area contributed by atoms with Crippen LogP contribution in [0.1, 0.15) is 19.8 Å². The number of ether oxygens (including phenoxy) is 1. The van der Waals surface area contributed by atoms with E-state index in [1.807, 2.05) is 42.5 Å². The highest BCUT2D eigenvalue weighted by molar-refractivity contribution is 5.81. The van der Waals surface area contributed by atoms with Crippen LogP contribution in [-0.4, -0.2) is 24.6 Å². The van der Waals surface area contributed by atoms with Crippen molar-refractivity contribution in [1.29, 1.82) is 0 Å². The summed E-state index contributed by atoms with van der Waals surface area (Å²) in [5.41, 5.74) is 8.01. The molecule has 1 saturated carbocycles. The number of carbonyl (C=O) groups excluding carboxylic acids is 1. The first kappa shape index (κ1) is 16.5. The maximum absolute atomic E-state index is 12.2. The molecule has 0 radical (unpaired) electrons. The van der Waals surface area contributed by atoms with Crippen LogP contribution >= 0.6 is 0 Å². The van der Waals surface area contributed by atoms with Crippen molar-refractivity contribution in [3.8, 4) is 16.9 Å². The predicted molar refractivity (Wildman–Crippen MR) is 95.7 cm³/mol. The van der Waals surface area contributed by atoms with Gasteiger partial charge in [0.2, 0.25) is 0 Å². The van der Waals surface area contributed by atoms with E-state index < -0.39 is 6.10 Å². The van der Waals surface area contributed by atoms with Gasteiger partial charge in [-0.25, -0.2) is 0 Å². The van der Waals surface area contributed by atoms with E-state index in [1.54, 1.807) is 6.92 Å². The van der Waals surface area contributed by atoms with Gasteiger partial charge in [-0.15, -0.1) is 0 Å². The van der Waals surface area contributed by atoms with E-state index in [0.29, 0.717) is 18.2 Å². The lowest BCUT2D eigenvalue weighted by molar-refractivity contribution is -0.128. The van der Waals surface area contributed by atoms with E-state index in [1.165, 1.54) is 0 Å². The molecule has 4 heteroatoms. The number of rotatable bonds is 7. The minimum absolute atomic E-state index is 0.0732. The zero-order valence-electron chi connectivity index (χ0n) is 13.9. The van der Waals surface area contributed by atoms with Gasteiger partial charge in [-0.3, -0.25) is 4.79 Å². The molecule has 0 heterocycles. The summed E-state index contributed by atoms with van der Waals surface area (Å²) in [4.78, 5) is 12.2. The van der Waals surface area contributed by atoms with Gasteiger partial charge in [0.05, 0.1) is 0 Å². The molecule has 0 aromatic heterocycles. The lowest BCUT2D eigenvalue weighted by Gasteiger charge is -2.20. The van der Waals surface area contributed by atoms with E-state index in [-0.39, 0.29) is 11.9 Å². The molecule has 24 heavy (non-hydrogen) atoms. The van der Waals surface area contributed by atoms with Crippen molar-refractivity contribution >= 4 is 5.91 Å². The molecule has 4 nitrogen and oxygen atoms in total. The van der Waals surface area contributed by atoms with Gasteiger partial charge < -0.3 is 15.8 Å². The van der Waals surface area contributed by atoms with E-state index in [4.69, 9.17) is 10.5 Å². The topological polar surface area (TPSA) is 64.3 Å². The Kier molecular flexibility index (Phi) is 5.16. The number of hydrogen-bond donors (Lipinski definition) is 2. The lowest BCUT2D eigenvalue weighted by Crippen LogP contribution is -2.46. The standard InChI is InChI=1S/C20H24N2O2/c1-14(20(23)22-19(13-21)17-7-8-17)24-18-11-9-16(10-12-18)15-5-3-2-4-6-15/h2-6,9-12,14,17,19H,7-8,13,21H2,1H3,(H,22,23). The van der Waals surface area contributed by atoms with Gasteiger partial charge in [-0.2, -0.15) is 0 Å². The molecule has 3 N–H and O–H groups in total. The highest BCUT2D eigenvalue weighted by atomic mass is 16.5. The van der Waals surface area contributed by atoms with Crippen molar-refractivity contribution in [1.82, 2.24) is 5.32 Å². The minimum atomic E-state index is -0.541. The van der Waals surface area contributed by atoms with Crippen LogP contribution in [0.25, 0.3) is 11.1 Å². The van der Waals surface area contributed by atoms with Crippen molar-refractivity contribution in [3.63, 3.8) is 0 Å². The van der Waals surface area contributed by atoms with Crippen LogP contribution in [0.5, 0.6) is 5.75 Å². The largest absolute Gasteiger partial charge is 0.481 e. The first-order valence-corrected chi connectivity index (χ1v) is 8.50. The van der Waals surface area contributed by atoms with Gasteiger partial charge in [-0.05, 0) is 48.9 Å². The maximum Gasteiger partial charge on any atom is 0.261 e. The molecular formula is C20H24N2O2. The second kappa shape index (κ2) is 7.49. The minimum Gasteiger partial charge on any atom is -0.481 e. The van der Waals surface area contributed by atoms with Gasteiger partial charge in [0.15, 0.2) is 6.10 Å². The first-order valence-electron chi connectivity index (χ1n) is 8.50. The number of amides is 1. The number of benzene rings is 2. The van der Waals surface area contributed by atoms with Crippen LogP contribution in [0.4, 0.5) is 0 Å². The summed E-state index contributed by atoms with van der Waals surface area (Å²) in [6, 6.07) is 18.0. The van der Waals surface area contributed by atoms with Crippen LogP contribution in [-0.2, 0) is 4.79 Å². The molecule has 1 aliphatic rings. The fourth-order valence-corrected chi connectivity index (χ4v) is 2.78. The van der Waals surface area contributed by atoms with Crippen molar-refractivity contribution in [3.05, 3.63) is 54.6 Å². The Labute approximate surface area is 143 Å². The number of carbonyl (C=O) groups is 1. The molecule has 2 atom stereocenters. The monoisotopic (exact) mass is 324 g/mol. The maximum atomic E-state index is 12.2. The SMILES string of the molecule is CC(Oc1ccc(-c2ccccc2)cc1)C(=O)NC(CN)C1CC1. The molecular weight excluding hydrogens is 300 g/mol. The third-order valence-corrected chi connectivity index (χ3v) is 4.42. The Hall–Kier alpha value is -2.33. The molecule has 0 bridgehead atoms. The quantitative estimate of drug-likeness (QED) is 0.823. The fourth-order valence-electron chi connectivity index (χ4n) is 2.78. The Morgan fingerprint density at radius 2 is 1.75 bits per heavy atom. The van der Waals surface area contributed by atoms with E-state index in [0.717, 1.165) is 24.0 Å². The zero-order valence-corrected chi connectivity index (χ0v) is 13.9. The summed E-state index contributed by atoms with van der Waals surface area (Å²) in [5.74, 6) is 1.12. The zero-order chi connectivity index (χ0) is 16.9. The highest BCUT2D eigenvalue weighted by Gasteiger charge is 2.32. The summed E-state index contributed by atoms with van der Waals surface area (Å²) in [7, 11) is 0. The van der Waals surface area contributed by atoms with Crippen molar-refractivity contribution in [2.75, 3.05) is 6.54 Å². The smallest absolute Gasteiger partial charge is 0.261 e. The summed E-state index contributed by atoms with van der Waals surface area (Å²) in [6.45, 7) is 2.25. The summed E-state index contributed by atoms with van der Waals surface area (Å²) in [5, 5.41) is 3.00. The lowest BCUT2D eigenvalue weighted by atomic mass is 10.1. The molecule has 0 spiro atoms. The molecule has 126 valence electrons. The molecule has 2 aromatic carbocycles. The summed E-state index contributed by atoms with van der Waals surface area (Å²) < 4.78 is 5.76. The molecule has 0 saturated heterocycles. The van der Waals surface area contributed by atoms with Crippen LogP contribution in [0.15, 0.2) is 54.6 Å². The number of nitrogens with two attached hydrogens (primary N) is 1. The Morgan fingerprint density at radius 1 is 1.12 bits per heavy atom. The van der Waals surface area contributed by atoms with E-state index >= 15 is 0 Å². The molecule has 1 fully saturated rings. The van der Waals surface area contributed by atoms with Crippen LogP contribution in [0, 0.1) is 5.92 Å². The molecule has 0 aliphatic heterocycles. The molecule has 3 rings (SSSR count). The molecule has 1 amide bonds. The molecule has 2 aromatic rings. The van der Waals surface area contributed by atoms with Crippen LogP contribution in [0.3, 0.4) is 0 Å². The number of nitrogens with one attached hydrogen (secondary N) is 1. The van der Waals surface area contributed by atoms with Gasteiger partial charge in [0.25, 0.3) is 5.91 Å². The summed E-state index contributed by atoms with van der Waals surface area (Å²) >= 11 is 0. The Balaban J connectivity index is 1.58. The van der Waals surface area contributed by atoms with Gasteiger partial charge in [-0.1, -0.05) is 42.5 Å². The first-order chi connectivity index (χ1) is 11.7. The predicted octanol–water partition coefficient (Wildman–Crippen LogP) is 2.97. The second-order valence-electron chi connectivity index (χ2n) is 6.34. The third-order valence-electron chi connectivity index (χ3n) is 4.42. The summed E-state index contributed by atoms with van der Waals surface area (Å²) in [6.07, 6.45) is 1.76. The van der Waals surface area contributed by atoms with Crippen molar-refractivity contribution in [2.24, 2.45) is 11.7 Å². The van der Waals surface area contributed by atoms with Crippen LogP contribution < -0.4 is 15.8 Å². The second-order valence-corrected chi connectivity index (χ2v) is 6.34. The Bertz CT molecular complexity index is 666.